The summed E-state index contributed by atoms with van der Waals surface area (Å²) in [6.07, 6.45) is 10.4. The summed E-state index contributed by atoms with van der Waals surface area (Å²) in [7, 11) is 0. The van der Waals surface area contributed by atoms with Crippen LogP contribution in [0.25, 0.3) is 0 Å². The van der Waals surface area contributed by atoms with Gasteiger partial charge >= 0.3 is 0 Å². The molecule has 0 heterocycles. The Morgan fingerprint density at radius 2 is 2.09 bits per heavy atom. The molecule has 1 atom stereocenters. The molecule has 0 aromatic rings. The summed E-state index contributed by atoms with van der Waals surface area (Å²) >= 11 is 0. The van der Waals surface area contributed by atoms with E-state index in [-0.39, 0.29) is 26.2 Å². The van der Waals surface area contributed by atoms with Gasteiger partial charge in [0, 0.05) is 26.2 Å². The van der Waals surface area contributed by atoms with Gasteiger partial charge in [0.15, 0.2) is 0 Å². The van der Waals surface area contributed by atoms with Gasteiger partial charge in [-0.25, -0.2) is 0 Å². The van der Waals surface area contributed by atoms with E-state index in [1.54, 1.807) is 0 Å². The number of hydrogen-bond donors (Lipinski definition) is 0. The first-order valence-corrected chi connectivity index (χ1v) is 3.93. The summed E-state index contributed by atoms with van der Waals surface area (Å²) in [6, 6.07) is 0. The molecular weight excluding hydrogens is 211 g/mol. The van der Waals surface area contributed by atoms with Crippen molar-refractivity contribution in [1.82, 2.24) is 0 Å². The second-order valence-electron chi connectivity index (χ2n) is 3.78. The van der Waals surface area contributed by atoms with Crippen LogP contribution >= 0.6 is 0 Å². The molecule has 0 radical (unpaired) electrons. The van der Waals surface area contributed by atoms with Crippen LogP contribution in [0.3, 0.4) is 0 Å². The Kier molecular flexibility index (Phi) is 2.49. The van der Waals surface area contributed by atoms with E-state index in [4.69, 9.17) is 0 Å². The first-order chi connectivity index (χ1) is 4.71. The standard InChI is InChI=1S/C10H13.Zr/c1-10(2)8-4-3-5-9(10)7-6-8;/h3-4,6-7,9H,5H2,1-2H3;/q-1;. The van der Waals surface area contributed by atoms with Gasteiger partial charge in [-0.2, -0.15) is 30.2 Å². The van der Waals surface area contributed by atoms with Gasteiger partial charge in [0.25, 0.3) is 0 Å². The molecule has 1 unspecified atom stereocenters. The SMILES string of the molecule is CC1(C)[C-]2C=CCC1C=C2.[Zr]. The largest absolute Gasteiger partial charge is 0.179 e. The molecule has 2 aliphatic rings. The molecule has 0 amide bonds. The van der Waals surface area contributed by atoms with E-state index in [0.29, 0.717) is 5.41 Å². The van der Waals surface area contributed by atoms with Crippen LogP contribution in [0.5, 0.6) is 0 Å². The second kappa shape index (κ2) is 2.94. The van der Waals surface area contributed by atoms with E-state index in [1.165, 1.54) is 12.3 Å². The molecule has 0 spiro atoms. The third-order valence-corrected chi connectivity index (χ3v) is 2.87. The Bertz CT molecular complexity index is 199. The summed E-state index contributed by atoms with van der Waals surface area (Å²) in [5.74, 6) is 2.27. The van der Waals surface area contributed by atoms with Crippen molar-refractivity contribution in [3.63, 3.8) is 0 Å². The van der Waals surface area contributed by atoms with Crippen molar-refractivity contribution in [2.75, 3.05) is 0 Å². The number of hydrogen-bond acceptors (Lipinski definition) is 0. The molecule has 0 fully saturated rings. The predicted octanol–water partition coefficient (Wildman–Crippen LogP) is 2.73. The van der Waals surface area contributed by atoms with Crippen molar-refractivity contribution in [2.45, 2.75) is 20.3 Å². The Labute approximate surface area is 87.9 Å². The van der Waals surface area contributed by atoms with Crippen LogP contribution in [0.15, 0.2) is 24.3 Å². The molecule has 0 nitrogen and oxygen atoms in total. The molecule has 0 aromatic carbocycles. The molecule has 58 valence electrons. The molecule has 11 heavy (non-hydrogen) atoms. The maximum absolute atomic E-state index is 2.34. The number of allylic oxidation sites excluding steroid dienone is 4. The maximum atomic E-state index is 2.34. The van der Waals surface area contributed by atoms with Crippen LogP contribution < -0.4 is 0 Å². The van der Waals surface area contributed by atoms with Gasteiger partial charge in [0.05, 0.1) is 0 Å². The fourth-order valence-corrected chi connectivity index (χ4v) is 1.87. The zero-order valence-electron chi connectivity index (χ0n) is 7.09. The Morgan fingerprint density at radius 1 is 1.36 bits per heavy atom. The summed E-state index contributed by atoms with van der Waals surface area (Å²) in [6.45, 7) is 4.66. The molecule has 2 bridgehead atoms. The predicted molar refractivity (Wildman–Crippen MR) is 43.4 cm³/mol. The minimum atomic E-state index is 0. The van der Waals surface area contributed by atoms with E-state index >= 15 is 0 Å². The average molecular weight is 224 g/mol. The van der Waals surface area contributed by atoms with Gasteiger partial charge in [-0.15, -0.1) is 0 Å². The first-order valence-electron chi connectivity index (χ1n) is 3.93. The fourth-order valence-electron chi connectivity index (χ4n) is 1.87. The third-order valence-electron chi connectivity index (χ3n) is 2.87. The molecule has 0 aliphatic heterocycles. The van der Waals surface area contributed by atoms with Crippen molar-refractivity contribution in [3.8, 4) is 0 Å². The van der Waals surface area contributed by atoms with E-state index < -0.39 is 0 Å². The second-order valence-corrected chi connectivity index (χ2v) is 3.78. The van der Waals surface area contributed by atoms with Crippen LogP contribution in [0, 0.1) is 17.3 Å². The van der Waals surface area contributed by atoms with Gasteiger partial charge in [-0.1, -0.05) is 31.6 Å². The van der Waals surface area contributed by atoms with E-state index in [0.717, 1.165) is 5.92 Å². The minimum Gasteiger partial charge on any atom is -0.179 e. The van der Waals surface area contributed by atoms with Gasteiger partial charge in [-0.3, -0.25) is 0 Å². The van der Waals surface area contributed by atoms with Crippen LogP contribution in [0.4, 0.5) is 0 Å². The van der Waals surface area contributed by atoms with Crippen LogP contribution in [0.2, 0.25) is 0 Å². The number of fused-ring (bicyclic) bond motifs is 2. The molecule has 0 N–H and O–H groups in total. The van der Waals surface area contributed by atoms with Crippen molar-refractivity contribution < 1.29 is 26.2 Å². The van der Waals surface area contributed by atoms with Gasteiger partial charge in [0.2, 0.25) is 0 Å². The van der Waals surface area contributed by atoms with Crippen molar-refractivity contribution in [2.24, 2.45) is 11.3 Å². The Hall–Kier alpha value is 0.233. The van der Waals surface area contributed by atoms with E-state index in [9.17, 15) is 0 Å². The van der Waals surface area contributed by atoms with Crippen LogP contribution in [-0.2, 0) is 26.2 Å². The monoisotopic (exact) mass is 223 g/mol. The van der Waals surface area contributed by atoms with E-state index in [2.05, 4.69) is 38.2 Å². The van der Waals surface area contributed by atoms with Gasteiger partial charge in [0.1, 0.15) is 0 Å². The summed E-state index contributed by atoms with van der Waals surface area (Å²) in [5, 5.41) is 0. The maximum Gasteiger partial charge on any atom is 0 e. The number of rotatable bonds is 0. The Morgan fingerprint density at radius 3 is 2.64 bits per heavy atom. The summed E-state index contributed by atoms with van der Waals surface area (Å²) in [5.41, 5.74) is 0.425. The minimum absolute atomic E-state index is 0. The molecule has 2 aliphatic carbocycles. The van der Waals surface area contributed by atoms with Crippen LogP contribution in [-0.4, -0.2) is 0 Å². The quantitative estimate of drug-likeness (QED) is 0.555. The molecule has 0 aromatic heterocycles. The Balaban J connectivity index is 0.000000605. The first kappa shape index (κ1) is 9.32. The molecule has 2 rings (SSSR count). The van der Waals surface area contributed by atoms with Gasteiger partial charge < -0.3 is 0 Å². The van der Waals surface area contributed by atoms with Crippen molar-refractivity contribution in [1.29, 1.82) is 0 Å². The van der Waals surface area contributed by atoms with Crippen molar-refractivity contribution >= 4 is 0 Å². The topological polar surface area (TPSA) is 0 Å². The van der Waals surface area contributed by atoms with Crippen molar-refractivity contribution in [3.05, 3.63) is 30.2 Å². The fraction of sp³-hybridized carbons (Fsp3) is 0.500. The molecule has 0 saturated carbocycles. The summed E-state index contributed by atoms with van der Waals surface area (Å²) < 4.78 is 0. The van der Waals surface area contributed by atoms with E-state index in [1.807, 2.05) is 0 Å². The molecule has 0 saturated heterocycles. The molecule has 1 heteroatoms. The third kappa shape index (κ3) is 1.29. The zero-order valence-corrected chi connectivity index (χ0v) is 9.55. The van der Waals surface area contributed by atoms with Gasteiger partial charge in [-0.05, 0) is 0 Å². The smallest absolute Gasteiger partial charge is 0 e. The normalized spacial score (nSPS) is 30.4. The summed E-state index contributed by atoms with van der Waals surface area (Å²) in [4.78, 5) is 0. The zero-order chi connectivity index (χ0) is 7.19. The van der Waals surface area contributed by atoms with Crippen LogP contribution in [0.1, 0.15) is 20.3 Å². The average Bonchev–Trinajstić information content (AvgIpc) is 2.17. The molecular formula is C10H13Zr-.